The van der Waals surface area contributed by atoms with Crippen LogP contribution < -0.4 is 0 Å². The molecule has 0 saturated carbocycles. The Hall–Kier alpha value is -2.16. The normalized spacial score (nSPS) is 10.9. The molecule has 0 radical (unpaired) electrons. The number of aryl methyl sites for hydroxylation is 2. The summed E-state index contributed by atoms with van der Waals surface area (Å²) in [6, 6.07) is 12.8. The third-order valence-electron chi connectivity index (χ3n) is 3.02. The summed E-state index contributed by atoms with van der Waals surface area (Å²) in [5.74, 6) is -0.175. The van der Waals surface area contributed by atoms with Gasteiger partial charge in [-0.1, -0.05) is 12.1 Å². The van der Waals surface area contributed by atoms with Crippen molar-refractivity contribution in [2.75, 3.05) is 0 Å². The fourth-order valence-electron chi connectivity index (χ4n) is 2.12. The van der Waals surface area contributed by atoms with Crippen molar-refractivity contribution in [2.45, 2.75) is 12.8 Å². The fraction of sp³-hybridized carbons (Fsp3) is 0.133. The molecule has 0 aliphatic rings. The number of pyridine rings is 1. The van der Waals surface area contributed by atoms with E-state index in [1.807, 2.05) is 18.2 Å². The highest BCUT2D eigenvalue weighted by molar-refractivity contribution is 5.76. The summed E-state index contributed by atoms with van der Waals surface area (Å²) in [7, 11) is 0. The van der Waals surface area contributed by atoms with Gasteiger partial charge >= 0.3 is 0 Å². The average molecular weight is 240 g/mol. The Kier molecular flexibility index (Phi) is 2.81. The summed E-state index contributed by atoms with van der Waals surface area (Å²) in [4.78, 5) is 7.53. The van der Waals surface area contributed by atoms with Gasteiger partial charge in [-0.2, -0.15) is 0 Å². The lowest BCUT2D eigenvalue weighted by molar-refractivity contribution is 0.625. The number of aromatic nitrogens is 2. The molecule has 1 N–H and O–H groups in total. The number of fused-ring (bicyclic) bond motifs is 1. The van der Waals surface area contributed by atoms with Gasteiger partial charge in [0.1, 0.15) is 11.5 Å². The highest BCUT2D eigenvalue weighted by atomic mass is 19.1. The van der Waals surface area contributed by atoms with Crippen molar-refractivity contribution in [3.63, 3.8) is 0 Å². The molecule has 2 heterocycles. The Balaban J connectivity index is 1.76. The molecule has 0 saturated heterocycles. The molecular formula is C15H13FN2. The van der Waals surface area contributed by atoms with E-state index in [1.54, 1.807) is 18.3 Å². The number of aromatic amines is 1. The highest BCUT2D eigenvalue weighted by Gasteiger charge is 2.02. The SMILES string of the molecule is Fc1cccc(CCc2cc3cccnc3[nH]2)c1. The Morgan fingerprint density at radius 3 is 2.83 bits per heavy atom. The minimum atomic E-state index is -0.175. The molecule has 1 aromatic carbocycles. The van der Waals surface area contributed by atoms with Crippen LogP contribution in [0.2, 0.25) is 0 Å². The predicted molar refractivity (Wildman–Crippen MR) is 69.9 cm³/mol. The van der Waals surface area contributed by atoms with Crippen LogP contribution in [0.15, 0.2) is 48.7 Å². The molecule has 0 aliphatic heterocycles. The van der Waals surface area contributed by atoms with Gasteiger partial charge in [-0.25, -0.2) is 9.37 Å². The van der Waals surface area contributed by atoms with Crippen LogP contribution in [0.25, 0.3) is 11.0 Å². The zero-order valence-corrected chi connectivity index (χ0v) is 9.86. The molecule has 0 bridgehead atoms. The molecule has 3 rings (SSSR count). The van der Waals surface area contributed by atoms with Gasteiger partial charge in [0, 0.05) is 17.3 Å². The van der Waals surface area contributed by atoms with E-state index in [-0.39, 0.29) is 5.82 Å². The first-order valence-corrected chi connectivity index (χ1v) is 5.98. The minimum Gasteiger partial charge on any atom is -0.343 e. The van der Waals surface area contributed by atoms with E-state index in [2.05, 4.69) is 16.0 Å². The lowest BCUT2D eigenvalue weighted by atomic mass is 10.1. The third kappa shape index (κ3) is 2.25. The van der Waals surface area contributed by atoms with Gasteiger partial charge in [-0.15, -0.1) is 0 Å². The molecule has 0 amide bonds. The van der Waals surface area contributed by atoms with Crippen LogP contribution in [-0.4, -0.2) is 9.97 Å². The molecule has 0 fully saturated rings. The third-order valence-corrected chi connectivity index (χ3v) is 3.02. The Morgan fingerprint density at radius 1 is 1.06 bits per heavy atom. The first-order chi connectivity index (χ1) is 8.81. The monoisotopic (exact) mass is 240 g/mol. The summed E-state index contributed by atoms with van der Waals surface area (Å²) in [5.41, 5.74) is 3.06. The van der Waals surface area contributed by atoms with Gasteiger partial charge in [0.15, 0.2) is 0 Å². The molecular weight excluding hydrogens is 227 g/mol. The minimum absolute atomic E-state index is 0.175. The summed E-state index contributed by atoms with van der Waals surface area (Å²) < 4.78 is 13.0. The average Bonchev–Trinajstić information content (AvgIpc) is 2.79. The van der Waals surface area contributed by atoms with E-state index in [1.165, 1.54) is 6.07 Å². The van der Waals surface area contributed by atoms with Crippen molar-refractivity contribution in [1.29, 1.82) is 0 Å². The second kappa shape index (κ2) is 4.61. The molecule has 0 unspecified atom stereocenters. The topological polar surface area (TPSA) is 28.7 Å². The quantitative estimate of drug-likeness (QED) is 0.746. The molecule has 18 heavy (non-hydrogen) atoms. The van der Waals surface area contributed by atoms with E-state index in [9.17, 15) is 4.39 Å². The standard InChI is InChI=1S/C15H13FN2/c16-13-5-1-3-11(9-13)6-7-14-10-12-4-2-8-17-15(12)18-14/h1-5,8-10H,6-7H2,(H,17,18). The van der Waals surface area contributed by atoms with Crippen molar-refractivity contribution in [1.82, 2.24) is 9.97 Å². The largest absolute Gasteiger partial charge is 0.343 e. The zero-order chi connectivity index (χ0) is 12.4. The molecule has 3 aromatic rings. The Bertz CT molecular complexity index is 640. The number of benzene rings is 1. The second-order valence-electron chi connectivity index (χ2n) is 4.37. The van der Waals surface area contributed by atoms with Crippen LogP contribution >= 0.6 is 0 Å². The van der Waals surface area contributed by atoms with Crippen LogP contribution in [-0.2, 0) is 12.8 Å². The van der Waals surface area contributed by atoms with Crippen LogP contribution in [0.3, 0.4) is 0 Å². The number of nitrogens with zero attached hydrogens (tertiary/aromatic N) is 1. The first-order valence-electron chi connectivity index (χ1n) is 5.98. The van der Waals surface area contributed by atoms with E-state index < -0.39 is 0 Å². The van der Waals surface area contributed by atoms with E-state index >= 15 is 0 Å². The number of nitrogens with one attached hydrogen (secondary N) is 1. The predicted octanol–water partition coefficient (Wildman–Crippen LogP) is 3.49. The number of hydrogen-bond donors (Lipinski definition) is 1. The summed E-state index contributed by atoms with van der Waals surface area (Å²) >= 11 is 0. The highest BCUT2D eigenvalue weighted by Crippen LogP contribution is 2.14. The maximum absolute atomic E-state index is 13.0. The summed E-state index contributed by atoms with van der Waals surface area (Å²) in [5, 5.41) is 1.12. The van der Waals surface area contributed by atoms with Crippen molar-refractivity contribution < 1.29 is 4.39 Å². The van der Waals surface area contributed by atoms with E-state index in [4.69, 9.17) is 0 Å². The Labute approximate surface area is 104 Å². The smallest absolute Gasteiger partial charge is 0.137 e. The van der Waals surface area contributed by atoms with E-state index in [0.29, 0.717) is 0 Å². The lowest BCUT2D eigenvalue weighted by Gasteiger charge is -1.99. The zero-order valence-electron chi connectivity index (χ0n) is 9.86. The fourth-order valence-corrected chi connectivity index (χ4v) is 2.12. The van der Waals surface area contributed by atoms with Crippen LogP contribution in [0.5, 0.6) is 0 Å². The molecule has 2 aromatic heterocycles. The van der Waals surface area contributed by atoms with Gasteiger partial charge in [-0.3, -0.25) is 0 Å². The molecule has 0 spiro atoms. The van der Waals surface area contributed by atoms with Gasteiger partial charge in [0.05, 0.1) is 0 Å². The molecule has 90 valence electrons. The van der Waals surface area contributed by atoms with Crippen LogP contribution in [0.1, 0.15) is 11.3 Å². The van der Waals surface area contributed by atoms with Crippen molar-refractivity contribution >= 4 is 11.0 Å². The summed E-state index contributed by atoms with van der Waals surface area (Å²) in [6.45, 7) is 0. The summed E-state index contributed by atoms with van der Waals surface area (Å²) in [6.07, 6.45) is 3.46. The van der Waals surface area contributed by atoms with Gasteiger partial charge in [-0.05, 0) is 48.7 Å². The number of hydrogen-bond acceptors (Lipinski definition) is 1. The molecule has 3 heteroatoms. The van der Waals surface area contributed by atoms with Gasteiger partial charge in [0.2, 0.25) is 0 Å². The number of halogens is 1. The van der Waals surface area contributed by atoms with Crippen molar-refractivity contribution in [3.05, 3.63) is 65.7 Å². The second-order valence-corrected chi connectivity index (χ2v) is 4.37. The van der Waals surface area contributed by atoms with Crippen LogP contribution in [0, 0.1) is 5.82 Å². The van der Waals surface area contributed by atoms with Gasteiger partial charge < -0.3 is 4.98 Å². The maximum atomic E-state index is 13.0. The molecule has 0 aliphatic carbocycles. The van der Waals surface area contributed by atoms with Crippen LogP contribution in [0.4, 0.5) is 4.39 Å². The van der Waals surface area contributed by atoms with Gasteiger partial charge in [0.25, 0.3) is 0 Å². The number of rotatable bonds is 3. The lowest BCUT2D eigenvalue weighted by Crippen LogP contribution is -1.92. The number of H-pyrrole nitrogens is 1. The van der Waals surface area contributed by atoms with E-state index in [0.717, 1.165) is 35.1 Å². The Morgan fingerprint density at radius 2 is 2.00 bits per heavy atom. The molecule has 2 nitrogen and oxygen atoms in total. The maximum Gasteiger partial charge on any atom is 0.137 e. The molecule has 0 atom stereocenters. The first kappa shape index (κ1) is 11.0. The van der Waals surface area contributed by atoms with Crippen molar-refractivity contribution in [3.8, 4) is 0 Å². The van der Waals surface area contributed by atoms with Crippen molar-refractivity contribution in [2.24, 2.45) is 0 Å².